The van der Waals surface area contributed by atoms with E-state index in [1.54, 1.807) is 0 Å². The van der Waals surface area contributed by atoms with Crippen molar-refractivity contribution in [3.63, 3.8) is 0 Å². The Labute approximate surface area is 323 Å². The predicted octanol–water partition coefficient (Wildman–Crippen LogP) is 13.4. The SMILES string of the molecule is c1ccc2ncc(-c3ccc(-c4nc(-c5ccc(-c6cc7ccccc7c7ccccc67)cc5)nc(-c5cc6ccccc6c6ccccc56)n4)cc3)cc2c1. The minimum absolute atomic E-state index is 0.620. The molecule has 0 fully saturated rings. The van der Waals surface area contributed by atoms with Crippen LogP contribution < -0.4 is 0 Å². The molecule has 260 valence electrons. The molecule has 0 N–H and O–H groups in total. The maximum Gasteiger partial charge on any atom is 0.164 e. The van der Waals surface area contributed by atoms with Crippen molar-refractivity contribution in [2.24, 2.45) is 0 Å². The van der Waals surface area contributed by atoms with Gasteiger partial charge in [0.2, 0.25) is 0 Å². The third kappa shape index (κ3) is 5.47. The Morgan fingerprint density at radius 1 is 0.268 bits per heavy atom. The summed E-state index contributed by atoms with van der Waals surface area (Å²) in [6.07, 6.45) is 1.94. The molecule has 11 rings (SSSR count). The molecule has 0 aliphatic heterocycles. The summed E-state index contributed by atoms with van der Waals surface area (Å²) in [7, 11) is 0. The van der Waals surface area contributed by atoms with Gasteiger partial charge in [-0.05, 0) is 84.0 Å². The van der Waals surface area contributed by atoms with Gasteiger partial charge in [-0.1, -0.05) is 164 Å². The maximum atomic E-state index is 5.21. The normalized spacial score (nSPS) is 11.6. The molecule has 0 unspecified atom stereocenters. The van der Waals surface area contributed by atoms with Crippen LogP contribution in [-0.4, -0.2) is 19.9 Å². The van der Waals surface area contributed by atoms with Gasteiger partial charge in [0, 0.05) is 33.8 Å². The second-order valence-electron chi connectivity index (χ2n) is 14.3. The molecule has 4 heteroatoms. The summed E-state index contributed by atoms with van der Waals surface area (Å²) in [4.78, 5) is 20.2. The zero-order valence-electron chi connectivity index (χ0n) is 30.3. The first-order valence-corrected chi connectivity index (χ1v) is 18.9. The van der Waals surface area contributed by atoms with Crippen LogP contribution >= 0.6 is 0 Å². The van der Waals surface area contributed by atoms with Crippen LogP contribution in [0.5, 0.6) is 0 Å². The van der Waals surface area contributed by atoms with Crippen molar-refractivity contribution in [1.29, 1.82) is 0 Å². The van der Waals surface area contributed by atoms with Crippen LogP contribution in [0.3, 0.4) is 0 Å². The summed E-state index contributed by atoms with van der Waals surface area (Å²) >= 11 is 0. The highest BCUT2D eigenvalue weighted by Gasteiger charge is 2.17. The van der Waals surface area contributed by atoms with E-state index >= 15 is 0 Å². The molecule has 56 heavy (non-hydrogen) atoms. The summed E-state index contributed by atoms with van der Waals surface area (Å²) in [5.41, 5.74) is 8.29. The van der Waals surface area contributed by atoms with Gasteiger partial charge in [-0.25, -0.2) is 15.0 Å². The second kappa shape index (κ2) is 13.1. The third-order valence-electron chi connectivity index (χ3n) is 10.9. The molecule has 4 nitrogen and oxygen atoms in total. The standard InChI is InChI=1S/C52H32N4/c1-4-14-41-37(11-1)30-47(45-18-8-6-16-43(41)45)34-23-27-36(28-24-34)51-54-50(35-25-21-33(22-26-35)40-29-39-13-3-10-20-49(39)53-32-40)55-52(56-51)48-31-38-12-2-5-15-42(38)44-17-7-9-19-46(44)48/h1-32H. The van der Waals surface area contributed by atoms with Crippen molar-refractivity contribution in [1.82, 2.24) is 19.9 Å². The highest BCUT2D eigenvalue weighted by Crippen LogP contribution is 2.38. The summed E-state index contributed by atoms with van der Waals surface area (Å²) in [6, 6.07) is 66.3. The lowest BCUT2D eigenvalue weighted by Crippen LogP contribution is -2.01. The smallest absolute Gasteiger partial charge is 0.164 e. The zero-order chi connectivity index (χ0) is 37.0. The Bertz CT molecular complexity index is 3300. The second-order valence-corrected chi connectivity index (χ2v) is 14.3. The van der Waals surface area contributed by atoms with Crippen LogP contribution in [0.2, 0.25) is 0 Å². The molecule has 0 bridgehead atoms. The number of hydrogen-bond donors (Lipinski definition) is 0. The number of rotatable bonds is 5. The Kier molecular flexibility index (Phi) is 7.46. The Morgan fingerprint density at radius 3 is 1.30 bits per heavy atom. The average Bonchev–Trinajstić information content (AvgIpc) is 3.28. The summed E-state index contributed by atoms with van der Waals surface area (Å²) < 4.78 is 0. The number of aromatic nitrogens is 4. The lowest BCUT2D eigenvalue weighted by atomic mass is 9.93. The number of benzene rings is 9. The average molecular weight is 713 g/mol. The molecule has 0 amide bonds. The lowest BCUT2D eigenvalue weighted by Gasteiger charge is -2.13. The van der Waals surface area contributed by atoms with E-state index in [-0.39, 0.29) is 0 Å². The lowest BCUT2D eigenvalue weighted by molar-refractivity contribution is 1.08. The fraction of sp³-hybridized carbons (Fsp3) is 0. The first-order chi connectivity index (χ1) is 27.7. The van der Waals surface area contributed by atoms with Crippen molar-refractivity contribution in [3.8, 4) is 56.4 Å². The molecule has 0 spiro atoms. The predicted molar refractivity (Wildman–Crippen MR) is 232 cm³/mol. The van der Waals surface area contributed by atoms with Gasteiger partial charge in [0.15, 0.2) is 17.5 Å². The van der Waals surface area contributed by atoms with E-state index in [1.165, 1.54) is 37.9 Å². The van der Waals surface area contributed by atoms with Gasteiger partial charge in [0.1, 0.15) is 0 Å². The fourth-order valence-corrected chi connectivity index (χ4v) is 8.13. The molecule has 0 atom stereocenters. The zero-order valence-corrected chi connectivity index (χ0v) is 30.3. The van der Waals surface area contributed by atoms with Crippen molar-refractivity contribution >= 4 is 54.0 Å². The van der Waals surface area contributed by atoms with E-state index < -0.39 is 0 Å². The minimum atomic E-state index is 0.620. The van der Waals surface area contributed by atoms with Crippen LogP contribution in [0.4, 0.5) is 0 Å². The van der Waals surface area contributed by atoms with Crippen LogP contribution in [0.1, 0.15) is 0 Å². The van der Waals surface area contributed by atoms with Gasteiger partial charge in [-0.15, -0.1) is 0 Å². The molecule has 2 aromatic heterocycles. The van der Waals surface area contributed by atoms with E-state index in [1.807, 2.05) is 24.4 Å². The van der Waals surface area contributed by atoms with E-state index in [4.69, 9.17) is 19.9 Å². The number of nitrogens with zero attached hydrogens (tertiary/aromatic N) is 4. The van der Waals surface area contributed by atoms with Gasteiger partial charge in [0.25, 0.3) is 0 Å². The van der Waals surface area contributed by atoms with Gasteiger partial charge in [-0.3, -0.25) is 4.98 Å². The highest BCUT2D eigenvalue weighted by atomic mass is 15.0. The number of fused-ring (bicyclic) bond motifs is 7. The molecule has 0 saturated heterocycles. The number of para-hydroxylation sites is 1. The van der Waals surface area contributed by atoms with E-state index in [2.05, 4.69) is 170 Å². The van der Waals surface area contributed by atoms with E-state index in [0.29, 0.717) is 17.5 Å². The topological polar surface area (TPSA) is 51.6 Å². The van der Waals surface area contributed by atoms with Crippen molar-refractivity contribution in [2.75, 3.05) is 0 Å². The number of pyridine rings is 1. The molecule has 2 heterocycles. The van der Waals surface area contributed by atoms with Crippen LogP contribution in [0.15, 0.2) is 194 Å². The Balaban J connectivity index is 1.06. The molecule has 0 aliphatic rings. The van der Waals surface area contributed by atoms with Gasteiger partial charge in [-0.2, -0.15) is 0 Å². The Hall–Kier alpha value is -7.56. The van der Waals surface area contributed by atoms with Gasteiger partial charge in [0.05, 0.1) is 5.52 Å². The quantitative estimate of drug-likeness (QED) is 0.167. The summed E-state index contributed by atoms with van der Waals surface area (Å²) in [5.74, 6) is 1.88. The maximum absolute atomic E-state index is 5.21. The largest absolute Gasteiger partial charge is 0.256 e. The number of hydrogen-bond acceptors (Lipinski definition) is 4. The molecule has 0 aliphatic carbocycles. The van der Waals surface area contributed by atoms with Crippen LogP contribution in [-0.2, 0) is 0 Å². The van der Waals surface area contributed by atoms with Gasteiger partial charge >= 0.3 is 0 Å². The van der Waals surface area contributed by atoms with E-state index in [0.717, 1.165) is 55.1 Å². The van der Waals surface area contributed by atoms with Crippen LogP contribution in [0.25, 0.3) is 110 Å². The monoisotopic (exact) mass is 712 g/mol. The first kappa shape index (κ1) is 31.9. The fourth-order valence-electron chi connectivity index (χ4n) is 8.13. The van der Waals surface area contributed by atoms with Crippen LogP contribution in [0, 0.1) is 0 Å². The molecule has 0 saturated carbocycles. The van der Waals surface area contributed by atoms with Gasteiger partial charge < -0.3 is 0 Å². The minimum Gasteiger partial charge on any atom is -0.256 e. The molecular formula is C52H32N4. The molecule has 11 aromatic rings. The molecular weight excluding hydrogens is 681 g/mol. The molecule has 0 radical (unpaired) electrons. The summed E-state index contributed by atoms with van der Waals surface area (Å²) in [5, 5.41) is 10.7. The highest BCUT2D eigenvalue weighted by molar-refractivity contribution is 6.14. The Morgan fingerprint density at radius 2 is 0.696 bits per heavy atom. The first-order valence-electron chi connectivity index (χ1n) is 18.9. The van der Waals surface area contributed by atoms with Crippen molar-refractivity contribution < 1.29 is 0 Å². The summed E-state index contributed by atoms with van der Waals surface area (Å²) in [6.45, 7) is 0. The third-order valence-corrected chi connectivity index (χ3v) is 10.9. The van der Waals surface area contributed by atoms with E-state index in [9.17, 15) is 0 Å². The van der Waals surface area contributed by atoms with Crippen molar-refractivity contribution in [2.45, 2.75) is 0 Å². The molecule has 9 aromatic carbocycles. The van der Waals surface area contributed by atoms with Crippen molar-refractivity contribution in [3.05, 3.63) is 194 Å².